The Bertz CT molecular complexity index is 575. The van der Waals surface area contributed by atoms with Crippen LogP contribution in [0.15, 0.2) is 22.9 Å². The van der Waals surface area contributed by atoms with Crippen molar-refractivity contribution in [3.05, 3.63) is 28.6 Å². The van der Waals surface area contributed by atoms with Gasteiger partial charge in [0.2, 0.25) is 0 Å². The minimum atomic E-state index is -0.420. The monoisotopic (exact) mass is 296 g/mol. The molecule has 0 aromatic carbocycles. The molecule has 5 heteroatoms. The lowest BCUT2D eigenvalue weighted by molar-refractivity contribution is 0.0594. The Morgan fingerprint density at radius 2 is 2.24 bits per heavy atom. The van der Waals surface area contributed by atoms with Gasteiger partial charge in [0.15, 0.2) is 0 Å². The quantitative estimate of drug-likeness (QED) is 0.800. The van der Waals surface area contributed by atoms with Gasteiger partial charge in [0.25, 0.3) is 0 Å². The number of esters is 1. The van der Waals surface area contributed by atoms with Crippen molar-refractivity contribution in [2.45, 2.75) is 19.9 Å². The van der Waals surface area contributed by atoms with Crippen LogP contribution in [0.25, 0.3) is 10.9 Å². The first-order chi connectivity index (χ1) is 8.04. The number of halogens is 1. The van der Waals surface area contributed by atoms with Gasteiger partial charge in [-0.1, -0.05) is 0 Å². The highest BCUT2D eigenvalue weighted by atomic mass is 79.9. The molecule has 0 aliphatic carbocycles. The van der Waals surface area contributed by atoms with Crippen molar-refractivity contribution in [1.82, 2.24) is 9.55 Å². The number of fused-ring (bicyclic) bond motifs is 1. The minimum Gasteiger partial charge on any atom is -0.464 e. The number of carbonyl (C=O) groups excluding carboxylic acids is 1. The summed E-state index contributed by atoms with van der Waals surface area (Å²) in [6.07, 6.45) is 3.70. The number of nitrogens with zero attached hydrogens (tertiary/aromatic N) is 2. The molecule has 0 aliphatic heterocycles. The highest BCUT2D eigenvalue weighted by Crippen LogP contribution is 2.28. The van der Waals surface area contributed by atoms with Crippen LogP contribution in [-0.2, 0) is 4.74 Å². The fraction of sp³-hybridized carbons (Fsp3) is 0.333. The van der Waals surface area contributed by atoms with Crippen LogP contribution in [0.2, 0.25) is 0 Å². The maximum absolute atomic E-state index is 11.4. The first-order valence-electron chi connectivity index (χ1n) is 5.29. The maximum atomic E-state index is 11.4. The van der Waals surface area contributed by atoms with Crippen molar-refractivity contribution in [3.8, 4) is 0 Å². The maximum Gasteiger partial charge on any atom is 0.356 e. The number of hydrogen-bond acceptors (Lipinski definition) is 3. The Labute approximate surface area is 108 Å². The van der Waals surface area contributed by atoms with Crippen LogP contribution >= 0.6 is 15.9 Å². The molecule has 17 heavy (non-hydrogen) atoms. The number of hydrogen-bond donors (Lipinski definition) is 0. The Hall–Kier alpha value is -1.36. The van der Waals surface area contributed by atoms with Gasteiger partial charge in [0, 0.05) is 22.1 Å². The predicted molar refractivity (Wildman–Crippen MR) is 69.2 cm³/mol. The predicted octanol–water partition coefficient (Wildman–Crippen LogP) is 3.17. The van der Waals surface area contributed by atoms with E-state index < -0.39 is 5.97 Å². The van der Waals surface area contributed by atoms with E-state index in [4.69, 9.17) is 0 Å². The second kappa shape index (κ2) is 4.49. The zero-order valence-corrected chi connectivity index (χ0v) is 11.5. The van der Waals surface area contributed by atoms with E-state index in [0.29, 0.717) is 11.7 Å². The smallest absolute Gasteiger partial charge is 0.356 e. The molecule has 2 aromatic rings. The summed E-state index contributed by atoms with van der Waals surface area (Å²) < 4.78 is 7.71. The van der Waals surface area contributed by atoms with Gasteiger partial charge >= 0.3 is 5.97 Å². The van der Waals surface area contributed by atoms with Crippen molar-refractivity contribution in [3.63, 3.8) is 0 Å². The van der Waals surface area contributed by atoms with Gasteiger partial charge in [-0.05, 0) is 35.8 Å². The SMILES string of the molecule is COC(=O)c1cc2c(Br)cn(C(C)C)c2cn1. The molecule has 0 unspecified atom stereocenters. The summed E-state index contributed by atoms with van der Waals surface area (Å²) in [6, 6.07) is 2.08. The molecule has 0 N–H and O–H groups in total. The normalized spacial score (nSPS) is 11.1. The van der Waals surface area contributed by atoms with Gasteiger partial charge < -0.3 is 9.30 Å². The third-order valence-electron chi connectivity index (χ3n) is 2.62. The molecule has 0 saturated heterocycles. The van der Waals surface area contributed by atoms with Crippen LogP contribution in [0.1, 0.15) is 30.4 Å². The largest absolute Gasteiger partial charge is 0.464 e. The highest BCUT2D eigenvalue weighted by Gasteiger charge is 2.13. The molecular formula is C12H13BrN2O2. The first kappa shape index (κ1) is 12.1. The van der Waals surface area contributed by atoms with Crippen LogP contribution in [0.5, 0.6) is 0 Å². The Morgan fingerprint density at radius 1 is 1.53 bits per heavy atom. The second-order valence-corrected chi connectivity index (χ2v) is 4.91. The van der Waals surface area contributed by atoms with Crippen LogP contribution in [0, 0.1) is 0 Å². The lowest BCUT2D eigenvalue weighted by Gasteiger charge is -2.08. The van der Waals surface area contributed by atoms with E-state index in [1.54, 1.807) is 12.3 Å². The van der Waals surface area contributed by atoms with Crippen LogP contribution in [0.4, 0.5) is 0 Å². The summed E-state index contributed by atoms with van der Waals surface area (Å²) in [4.78, 5) is 15.5. The summed E-state index contributed by atoms with van der Waals surface area (Å²) in [6.45, 7) is 4.19. The number of rotatable bonds is 2. The molecular weight excluding hydrogens is 284 g/mol. The number of carbonyl (C=O) groups is 1. The van der Waals surface area contributed by atoms with Crippen molar-refractivity contribution >= 4 is 32.8 Å². The Balaban J connectivity index is 2.63. The standard InChI is InChI=1S/C12H13BrN2O2/c1-7(2)15-6-9(13)8-4-10(12(16)17-3)14-5-11(8)15/h4-7H,1-3H3. The molecule has 0 amide bonds. The van der Waals surface area contributed by atoms with Gasteiger partial charge in [-0.2, -0.15) is 0 Å². The molecule has 2 rings (SSSR count). The second-order valence-electron chi connectivity index (χ2n) is 4.06. The average Bonchev–Trinajstić information content (AvgIpc) is 2.65. The first-order valence-corrected chi connectivity index (χ1v) is 6.08. The molecule has 0 fully saturated rings. The molecule has 4 nitrogen and oxygen atoms in total. The van der Waals surface area contributed by atoms with Crippen molar-refractivity contribution in [2.24, 2.45) is 0 Å². The number of aromatic nitrogens is 2. The van der Waals surface area contributed by atoms with Crippen LogP contribution in [0.3, 0.4) is 0 Å². The summed E-state index contributed by atoms with van der Waals surface area (Å²) in [5.74, 6) is -0.420. The minimum absolute atomic E-state index is 0.321. The molecule has 2 heterocycles. The summed E-state index contributed by atoms with van der Waals surface area (Å²) in [5, 5.41) is 0.967. The molecule has 0 atom stereocenters. The molecule has 0 bridgehead atoms. The fourth-order valence-electron chi connectivity index (χ4n) is 1.75. The van der Waals surface area contributed by atoms with Crippen molar-refractivity contribution in [1.29, 1.82) is 0 Å². The summed E-state index contributed by atoms with van der Waals surface area (Å²) in [5.41, 5.74) is 1.32. The molecule has 2 aromatic heterocycles. The van der Waals surface area contributed by atoms with Gasteiger partial charge in [0.05, 0.1) is 18.8 Å². The van der Waals surface area contributed by atoms with E-state index >= 15 is 0 Å². The zero-order chi connectivity index (χ0) is 12.6. The molecule has 90 valence electrons. The number of pyridine rings is 1. The van der Waals surface area contributed by atoms with Gasteiger partial charge in [-0.15, -0.1) is 0 Å². The Morgan fingerprint density at radius 3 is 2.82 bits per heavy atom. The summed E-state index contributed by atoms with van der Waals surface area (Å²) >= 11 is 3.49. The van der Waals surface area contributed by atoms with E-state index in [1.165, 1.54) is 7.11 Å². The fourth-order valence-corrected chi connectivity index (χ4v) is 2.29. The van der Waals surface area contributed by atoms with Crippen LogP contribution < -0.4 is 0 Å². The van der Waals surface area contributed by atoms with E-state index in [1.807, 2.05) is 6.20 Å². The zero-order valence-electron chi connectivity index (χ0n) is 9.90. The molecule has 0 saturated carbocycles. The van der Waals surface area contributed by atoms with Crippen LogP contribution in [-0.4, -0.2) is 22.6 Å². The van der Waals surface area contributed by atoms with Crippen molar-refractivity contribution in [2.75, 3.05) is 7.11 Å². The number of methoxy groups -OCH3 is 1. The van der Waals surface area contributed by atoms with E-state index in [-0.39, 0.29) is 0 Å². The van der Waals surface area contributed by atoms with Crippen molar-refractivity contribution < 1.29 is 9.53 Å². The van der Waals surface area contributed by atoms with Gasteiger partial charge in [0.1, 0.15) is 5.69 Å². The van der Waals surface area contributed by atoms with E-state index in [9.17, 15) is 4.79 Å². The summed E-state index contributed by atoms with van der Waals surface area (Å²) in [7, 11) is 1.35. The average molecular weight is 297 g/mol. The molecule has 0 radical (unpaired) electrons. The lowest BCUT2D eigenvalue weighted by Crippen LogP contribution is -2.04. The third kappa shape index (κ3) is 2.07. The topological polar surface area (TPSA) is 44.1 Å². The van der Waals surface area contributed by atoms with Gasteiger partial charge in [-0.25, -0.2) is 9.78 Å². The van der Waals surface area contributed by atoms with Gasteiger partial charge in [-0.3, -0.25) is 0 Å². The van der Waals surface area contributed by atoms with E-state index in [0.717, 1.165) is 15.4 Å². The Kier molecular flexibility index (Phi) is 3.19. The van der Waals surface area contributed by atoms with E-state index in [2.05, 4.69) is 44.1 Å². The number of ether oxygens (including phenoxy) is 1. The molecule has 0 aliphatic rings. The third-order valence-corrected chi connectivity index (χ3v) is 3.25. The molecule has 0 spiro atoms. The highest BCUT2D eigenvalue weighted by molar-refractivity contribution is 9.10. The lowest BCUT2D eigenvalue weighted by atomic mass is 10.2.